The monoisotopic (exact) mass is 354 g/mol. The Kier molecular flexibility index (Phi) is 6.11. The van der Waals surface area contributed by atoms with Crippen molar-refractivity contribution in [2.24, 2.45) is 0 Å². The fourth-order valence-corrected chi connectivity index (χ4v) is 2.23. The number of amides is 1. The number of esters is 1. The minimum absolute atomic E-state index is 0.0508. The van der Waals surface area contributed by atoms with Gasteiger partial charge in [-0.15, -0.1) is 0 Å². The van der Waals surface area contributed by atoms with Gasteiger partial charge in [-0.1, -0.05) is 6.07 Å². The van der Waals surface area contributed by atoms with Crippen LogP contribution in [0.4, 0.5) is 11.4 Å². The van der Waals surface area contributed by atoms with Crippen LogP contribution in [-0.2, 0) is 9.53 Å². The highest BCUT2D eigenvalue weighted by molar-refractivity contribution is 5.98. The minimum atomic E-state index is -0.960. The van der Waals surface area contributed by atoms with Crippen LogP contribution >= 0.6 is 0 Å². The van der Waals surface area contributed by atoms with Crippen molar-refractivity contribution in [2.45, 2.75) is 20.0 Å². The molecule has 0 heterocycles. The van der Waals surface area contributed by atoms with E-state index < -0.39 is 18.0 Å². The zero-order chi connectivity index (χ0) is 19.3. The molecule has 0 aliphatic carbocycles. The molecule has 0 bridgehead atoms. The Bertz CT molecular complexity index is 813. The van der Waals surface area contributed by atoms with E-state index in [2.05, 4.69) is 5.32 Å². The van der Waals surface area contributed by atoms with Crippen molar-refractivity contribution in [3.63, 3.8) is 0 Å². The molecule has 0 aliphatic heterocycles. The van der Waals surface area contributed by atoms with Gasteiger partial charge in [0.2, 0.25) is 0 Å². The lowest BCUT2D eigenvalue weighted by molar-refractivity contribution is -0.123. The van der Waals surface area contributed by atoms with Gasteiger partial charge in [-0.05, 0) is 56.3 Å². The lowest BCUT2D eigenvalue weighted by Crippen LogP contribution is -2.30. The maximum Gasteiger partial charge on any atom is 0.338 e. The van der Waals surface area contributed by atoms with Gasteiger partial charge in [0.05, 0.1) is 5.56 Å². The number of hydrogen-bond acceptors (Lipinski definition) is 5. The maximum atomic E-state index is 12.2. The maximum absolute atomic E-state index is 12.2. The molecule has 1 N–H and O–H groups in total. The quantitative estimate of drug-likeness (QED) is 0.637. The van der Waals surface area contributed by atoms with E-state index >= 15 is 0 Å². The van der Waals surface area contributed by atoms with E-state index in [4.69, 9.17) is 4.74 Å². The molecule has 2 aromatic carbocycles. The molecule has 0 saturated carbocycles. The summed E-state index contributed by atoms with van der Waals surface area (Å²) in [5, 5.41) is 2.66. The number of ketones is 1. The van der Waals surface area contributed by atoms with Crippen LogP contribution in [0, 0.1) is 0 Å². The molecule has 0 radical (unpaired) electrons. The lowest BCUT2D eigenvalue weighted by atomic mass is 10.1. The molecule has 6 heteroatoms. The first kappa shape index (κ1) is 19.2. The highest BCUT2D eigenvalue weighted by Crippen LogP contribution is 2.15. The summed E-state index contributed by atoms with van der Waals surface area (Å²) in [5.41, 5.74) is 2.32. The fourth-order valence-electron chi connectivity index (χ4n) is 2.23. The van der Waals surface area contributed by atoms with Crippen LogP contribution in [0.3, 0.4) is 0 Å². The van der Waals surface area contributed by atoms with Gasteiger partial charge in [-0.3, -0.25) is 9.59 Å². The van der Waals surface area contributed by atoms with Crippen LogP contribution in [-0.4, -0.2) is 37.9 Å². The van der Waals surface area contributed by atoms with Crippen LogP contribution in [0.1, 0.15) is 34.6 Å². The standard InChI is InChI=1S/C20H22N2O4/c1-13(23)15-8-10-17(11-9-15)21-19(24)14(2)26-20(25)16-6-5-7-18(12-16)22(3)4/h5-12,14H,1-4H3,(H,21,24)/t14-/m0/s1. The van der Waals surface area contributed by atoms with Crippen LogP contribution in [0.2, 0.25) is 0 Å². The van der Waals surface area contributed by atoms with Crippen LogP contribution in [0.15, 0.2) is 48.5 Å². The third kappa shape index (κ3) is 4.92. The normalized spacial score (nSPS) is 11.4. The Balaban J connectivity index is 1.98. The minimum Gasteiger partial charge on any atom is -0.449 e. The van der Waals surface area contributed by atoms with Gasteiger partial charge in [0, 0.05) is 31.0 Å². The molecule has 136 valence electrons. The van der Waals surface area contributed by atoms with Gasteiger partial charge in [0.15, 0.2) is 11.9 Å². The van der Waals surface area contributed by atoms with Gasteiger partial charge in [0.25, 0.3) is 5.91 Å². The summed E-state index contributed by atoms with van der Waals surface area (Å²) in [6, 6.07) is 13.5. The summed E-state index contributed by atoms with van der Waals surface area (Å²) in [7, 11) is 3.75. The van der Waals surface area contributed by atoms with Gasteiger partial charge >= 0.3 is 5.97 Å². The summed E-state index contributed by atoms with van der Waals surface area (Å²) >= 11 is 0. The molecule has 1 amide bonds. The molecule has 2 aromatic rings. The second kappa shape index (κ2) is 8.29. The first-order valence-corrected chi connectivity index (χ1v) is 8.18. The average molecular weight is 354 g/mol. The van der Waals surface area contributed by atoms with Gasteiger partial charge in [-0.2, -0.15) is 0 Å². The van der Waals surface area contributed by atoms with Crippen molar-refractivity contribution in [3.8, 4) is 0 Å². The molecule has 1 atom stereocenters. The molecular weight excluding hydrogens is 332 g/mol. The fraction of sp³-hybridized carbons (Fsp3) is 0.250. The number of nitrogens with zero attached hydrogens (tertiary/aromatic N) is 1. The Hall–Kier alpha value is -3.15. The van der Waals surface area contributed by atoms with E-state index in [-0.39, 0.29) is 5.78 Å². The number of nitrogens with one attached hydrogen (secondary N) is 1. The Morgan fingerprint density at radius 2 is 1.65 bits per heavy atom. The molecule has 26 heavy (non-hydrogen) atoms. The van der Waals surface area contributed by atoms with Crippen molar-refractivity contribution in [3.05, 3.63) is 59.7 Å². The summed E-state index contributed by atoms with van der Waals surface area (Å²) in [6.45, 7) is 2.98. The predicted octanol–water partition coefficient (Wildman–Crippen LogP) is 3.14. The number of ether oxygens (including phenoxy) is 1. The highest BCUT2D eigenvalue weighted by Gasteiger charge is 2.19. The van der Waals surface area contributed by atoms with E-state index in [1.54, 1.807) is 42.5 Å². The first-order valence-electron chi connectivity index (χ1n) is 8.18. The second-order valence-corrected chi connectivity index (χ2v) is 6.12. The molecular formula is C20H22N2O4. The van der Waals surface area contributed by atoms with Crippen LogP contribution in [0.5, 0.6) is 0 Å². The molecule has 0 aliphatic rings. The predicted molar refractivity (Wildman–Crippen MR) is 101 cm³/mol. The van der Waals surface area contributed by atoms with Gasteiger partial charge < -0.3 is 15.0 Å². The molecule has 0 saturated heterocycles. The van der Waals surface area contributed by atoms with Gasteiger partial charge in [-0.25, -0.2) is 4.79 Å². The third-order valence-corrected chi connectivity index (χ3v) is 3.81. The average Bonchev–Trinajstić information content (AvgIpc) is 2.62. The first-order chi connectivity index (χ1) is 12.3. The van der Waals surface area contributed by atoms with Crippen molar-refractivity contribution in [1.82, 2.24) is 0 Å². The molecule has 0 spiro atoms. The summed E-state index contributed by atoms with van der Waals surface area (Å²) < 4.78 is 5.24. The smallest absolute Gasteiger partial charge is 0.338 e. The van der Waals surface area contributed by atoms with Crippen molar-refractivity contribution >= 4 is 29.0 Å². The zero-order valence-electron chi connectivity index (χ0n) is 15.3. The molecule has 0 aromatic heterocycles. The highest BCUT2D eigenvalue weighted by atomic mass is 16.5. The van der Waals surface area contributed by atoms with Gasteiger partial charge in [0.1, 0.15) is 0 Å². The molecule has 6 nitrogen and oxygen atoms in total. The van der Waals surface area contributed by atoms with Crippen LogP contribution in [0.25, 0.3) is 0 Å². The van der Waals surface area contributed by atoms with E-state index in [1.807, 2.05) is 25.1 Å². The molecule has 2 rings (SSSR count). The Morgan fingerprint density at radius 3 is 2.23 bits per heavy atom. The number of anilines is 2. The Morgan fingerprint density at radius 1 is 1.00 bits per heavy atom. The number of benzene rings is 2. The van der Waals surface area contributed by atoms with Crippen molar-refractivity contribution < 1.29 is 19.1 Å². The zero-order valence-corrected chi connectivity index (χ0v) is 15.3. The van der Waals surface area contributed by atoms with Crippen LogP contribution < -0.4 is 10.2 Å². The number of hydrogen-bond donors (Lipinski definition) is 1. The lowest BCUT2D eigenvalue weighted by Gasteiger charge is -2.16. The summed E-state index contributed by atoms with van der Waals surface area (Å²) in [5.74, 6) is -1.06. The van der Waals surface area contributed by atoms with E-state index in [9.17, 15) is 14.4 Å². The van der Waals surface area contributed by atoms with E-state index in [0.29, 0.717) is 16.8 Å². The largest absolute Gasteiger partial charge is 0.449 e. The van der Waals surface area contributed by atoms with Crippen molar-refractivity contribution in [1.29, 1.82) is 0 Å². The van der Waals surface area contributed by atoms with E-state index in [0.717, 1.165) is 5.69 Å². The number of rotatable bonds is 6. The third-order valence-electron chi connectivity index (χ3n) is 3.81. The summed E-state index contributed by atoms with van der Waals surface area (Å²) in [6.07, 6.45) is -0.960. The number of Topliss-reactive ketones (excluding diaryl/α,β-unsaturated/α-hetero) is 1. The Labute approximate surface area is 152 Å². The molecule has 0 unspecified atom stereocenters. The molecule has 0 fully saturated rings. The SMILES string of the molecule is CC(=O)c1ccc(NC(=O)[C@H](C)OC(=O)c2cccc(N(C)C)c2)cc1. The number of carbonyl (C=O) groups excluding carboxylic acids is 3. The topological polar surface area (TPSA) is 75.7 Å². The van der Waals surface area contributed by atoms with Crippen molar-refractivity contribution in [2.75, 3.05) is 24.3 Å². The second-order valence-electron chi connectivity index (χ2n) is 6.12. The number of carbonyl (C=O) groups is 3. The summed E-state index contributed by atoms with van der Waals surface area (Å²) in [4.78, 5) is 37.6. The van der Waals surface area contributed by atoms with E-state index in [1.165, 1.54) is 13.8 Å².